The first kappa shape index (κ1) is 23.7. The molecule has 0 spiro atoms. The normalized spacial score (nSPS) is 13.8. The van der Waals surface area contributed by atoms with Crippen molar-refractivity contribution in [3.05, 3.63) is 54.1 Å². The number of hydrogen-bond acceptors (Lipinski definition) is 3. The Kier molecular flexibility index (Phi) is 9.70. The summed E-state index contributed by atoms with van der Waals surface area (Å²) in [6.07, 6.45) is 7.63. The Morgan fingerprint density at radius 3 is 2.43 bits per heavy atom. The Morgan fingerprint density at radius 2 is 1.89 bits per heavy atom. The Hall–Kier alpha value is -2.36. The minimum Gasteiger partial charge on any atom is -0.444 e. The summed E-state index contributed by atoms with van der Waals surface area (Å²) in [6.45, 7) is 15.5. The fourth-order valence-corrected chi connectivity index (χ4v) is 2.59. The molecule has 0 bridgehead atoms. The summed E-state index contributed by atoms with van der Waals surface area (Å²) in [5.74, 6) is 0. The highest BCUT2D eigenvalue weighted by atomic mass is 16.6. The van der Waals surface area contributed by atoms with Gasteiger partial charge in [-0.15, -0.1) is 6.58 Å². The second kappa shape index (κ2) is 11.5. The largest absolute Gasteiger partial charge is 0.444 e. The number of alkyl carbamates (subject to hydrolysis) is 1. The van der Waals surface area contributed by atoms with E-state index in [1.165, 1.54) is 0 Å². The van der Waals surface area contributed by atoms with E-state index in [4.69, 9.17) is 9.73 Å². The summed E-state index contributed by atoms with van der Waals surface area (Å²) in [6, 6.07) is 8.06. The number of nitrogens with zero attached hydrogens (tertiary/aromatic N) is 1. The summed E-state index contributed by atoms with van der Waals surface area (Å²) in [4.78, 5) is 16.8. The number of ether oxygens (including phenoxy) is 1. The van der Waals surface area contributed by atoms with Crippen LogP contribution in [0, 0.1) is 0 Å². The first-order chi connectivity index (χ1) is 13.2. The first-order valence-corrected chi connectivity index (χ1v) is 10.1. The molecule has 0 aromatic heterocycles. The molecule has 1 rings (SSSR count). The van der Waals surface area contributed by atoms with Gasteiger partial charge >= 0.3 is 6.09 Å². The van der Waals surface area contributed by atoms with E-state index >= 15 is 0 Å². The zero-order valence-electron chi connectivity index (χ0n) is 18.3. The molecule has 1 amide bonds. The number of benzene rings is 1. The van der Waals surface area contributed by atoms with Crippen LogP contribution in [0.5, 0.6) is 0 Å². The van der Waals surface area contributed by atoms with Gasteiger partial charge in [0.2, 0.25) is 0 Å². The van der Waals surface area contributed by atoms with Crippen LogP contribution in [0.15, 0.2) is 48.0 Å². The van der Waals surface area contributed by atoms with E-state index in [1.807, 2.05) is 45.9 Å². The molecule has 1 N–H and O–H groups in total. The lowest BCUT2D eigenvalue weighted by atomic mass is 10.0. The Morgan fingerprint density at radius 1 is 1.25 bits per heavy atom. The molecule has 0 aliphatic rings. The van der Waals surface area contributed by atoms with E-state index in [2.05, 4.69) is 44.0 Å². The smallest absolute Gasteiger partial charge is 0.408 e. The van der Waals surface area contributed by atoms with E-state index in [-0.39, 0.29) is 6.04 Å². The molecular weight excluding hydrogens is 348 g/mol. The summed E-state index contributed by atoms with van der Waals surface area (Å²) in [5, 5.41) is 2.88. The fourth-order valence-electron chi connectivity index (χ4n) is 2.59. The van der Waals surface area contributed by atoms with Gasteiger partial charge in [0.15, 0.2) is 0 Å². The maximum Gasteiger partial charge on any atom is 0.408 e. The average molecular weight is 385 g/mol. The third kappa shape index (κ3) is 9.03. The van der Waals surface area contributed by atoms with Gasteiger partial charge in [-0.25, -0.2) is 4.79 Å². The molecule has 1 aromatic rings. The molecule has 0 heterocycles. The van der Waals surface area contributed by atoms with Crippen LogP contribution in [-0.2, 0) is 4.74 Å². The highest BCUT2D eigenvalue weighted by Gasteiger charge is 2.18. The van der Waals surface area contributed by atoms with Gasteiger partial charge in [-0.3, -0.25) is 4.99 Å². The van der Waals surface area contributed by atoms with Crippen molar-refractivity contribution >= 4 is 17.5 Å². The fraction of sp³-hybridized carbons (Fsp3) is 0.500. The highest BCUT2D eigenvalue weighted by Crippen LogP contribution is 2.22. The van der Waals surface area contributed by atoms with Crippen molar-refractivity contribution < 1.29 is 9.53 Å². The molecule has 0 aliphatic carbocycles. The summed E-state index contributed by atoms with van der Waals surface area (Å²) >= 11 is 0. The number of nitrogens with one attached hydrogen (secondary N) is 1. The van der Waals surface area contributed by atoms with Gasteiger partial charge < -0.3 is 10.1 Å². The van der Waals surface area contributed by atoms with Crippen LogP contribution in [0.4, 0.5) is 4.79 Å². The van der Waals surface area contributed by atoms with Crippen LogP contribution in [0.25, 0.3) is 5.70 Å². The lowest BCUT2D eigenvalue weighted by Crippen LogP contribution is -2.34. The number of unbranched alkanes of at least 4 members (excludes halogenated alkanes) is 1. The third-order valence-corrected chi connectivity index (χ3v) is 4.09. The van der Waals surface area contributed by atoms with Crippen molar-refractivity contribution in [1.82, 2.24) is 5.32 Å². The number of rotatable bonds is 9. The number of carbonyl (C=O) groups excluding carboxylic acids is 1. The van der Waals surface area contributed by atoms with E-state index in [0.717, 1.165) is 48.2 Å². The van der Waals surface area contributed by atoms with Crippen LogP contribution in [0.1, 0.15) is 84.4 Å². The summed E-state index contributed by atoms with van der Waals surface area (Å²) in [5.41, 5.74) is 3.71. The molecule has 0 radical (unpaired) electrons. The molecule has 0 saturated heterocycles. The molecule has 0 aliphatic heterocycles. The van der Waals surface area contributed by atoms with Gasteiger partial charge in [0.05, 0.1) is 11.7 Å². The maximum absolute atomic E-state index is 12.0. The number of amides is 1. The molecule has 0 fully saturated rings. The van der Waals surface area contributed by atoms with Gasteiger partial charge in [-0.05, 0) is 65.0 Å². The van der Waals surface area contributed by atoms with E-state index in [1.54, 1.807) is 0 Å². The number of allylic oxidation sites excluding steroid dienone is 2. The van der Waals surface area contributed by atoms with Crippen LogP contribution < -0.4 is 5.32 Å². The maximum atomic E-state index is 12.0. The molecule has 4 nitrogen and oxygen atoms in total. The summed E-state index contributed by atoms with van der Waals surface area (Å²) in [7, 11) is 0. The Bertz CT molecular complexity index is 694. The Labute approximate surface area is 170 Å². The van der Waals surface area contributed by atoms with Crippen LogP contribution in [0.2, 0.25) is 0 Å². The predicted octanol–water partition coefficient (Wildman–Crippen LogP) is 6.84. The molecule has 1 atom stereocenters. The predicted molar refractivity (Wildman–Crippen MR) is 120 cm³/mol. The van der Waals surface area contributed by atoms with Gasteiger partial charge in [0.1, 0.15) is 5.60 Å². The van der Waals surface area contributed by atoms with E-state index in [0.29, 0.717) is 0 Å². The Balaban J connectivity index is 2.91. The summed E-state index contributed by atoms with van der Waals surface area (Å²) < 4.78 is 5.33. The average Bonchev–Trinajstić information content (AvgIpc) is 2.61. The molecule has 0 unspecified atom stereocenters. The van der Waals surface area contributed by atoms with Crippen molar-refractivity contribution in [2.75, 3.05) is 0 Å². The minimum atomic E-state index is -0.506. The lowest BCUT2D eigenvalue weighted by molar-refractivity contribution is 0.0508. The molecule has 154 valence electrons. The van der Waals surface area contributed by atoms with Gasteiger partial charge in [0.25, 0.3) is 0 Å². The molecule has 1 aromatic carbocycles. The van der Waals surface area contributed by atoms with Gasteiger partial charge in [-0.1, -0.05) is 49.8 Å². The number of carbonyl (C=O) groups is 1. The SMILES string of the molecule is C=CCC/C(C)=N/C(=C/CCC)c1ccc([C@H](C)NC(=O)OC(C)(C)C)cc1. The van der Waals surface area contributed by atoms with Crippen molar-refractivity contribution in [3.8, 4) is 0 Å². The van der Waals surface area contributed by atoms with Crippen molar-refractivity contribution in [2.24, 2.45) is 4.99 Å². The third-order valence-electron chi connectivity index (χ3n) is 4.09. The van der Waals surface area contributed by atoms with Crippen LogP contribution in [0.3, 0.4) is 0 Å². The van der Waals surface area contributed by atoms with E-state index in [9.17, 15) is 4.79 Å². The number of aliphatic imine (C=N–C) groups is 1. The minimum absolute atomic E-state index is 0.134. The zero-order chi connectivity index (χ0) is 21.2. The number of hydrogen-bond donors (Lipinski definition) is 1. The van der Waals surface area contributed by atoms with Gasteiger partial charge in [0, 0.05) is 5.71 Å². The van der Waals surface area contributed by atoms with Gasteiger partial charge in [-0.2, -0.15) is 0 Å². The molecule has 28 heavy (non-hydrogen) atoms. The van der Waals surface area contributed by atoms with Crippen molar-refractivity contribution in [3.63, 3.8) is 0 Å². The highest BCUT2D eigenvalue weighted by molar-refractivity contribution is 5.88. The van der Waals surface area contributed by atoms with Crippen LogP contribution >= 0.6 is 0 Å². The topological polar surface area (TPSA) is 50.7 Å². The van der Waals surface area contributed by atoms with Crippen molar-refractivity contribution in [1.29, 1.82) is 0 Å². The molecular formula is C24H36N2O2. The quantitative estimate of drug-likeness (QED) is 0.374. The second-order valence-corrected chi connectivity index (χ2v) is 8.04. The lowest BCUT2D eigenvalue weighted by Gasteiger charge is -2.22. The monoisotopic (exact) mass is 384 g/mol. The molecule has 4 heteroatoms. The van der Waals surface area contributed by atoms with Crippen molar-refractivity contribution in [2.45, 2.75) is 78.9 Å². The standard InChI is InChI=1S/C24H36N2O2/c1-8-10-12-18(3)25-22(13-11-9-2)21-16-14-20(15-17-21)19(4)26-23(27)28-24(5,6)7/h8,13-17,19H,1,9-12H2,2-7H3,(H,26,27)/b22-13+,25-18+/t19-/m0/s1. The first-order valence-electron chi connectivity index (χ1n) is 10.1. The molecule has 0 saturated carbocycles. The zero-order valence-corrected chi connectivity index (χ0v) is 18.3. The van der Waals surface area contributed by atoms with E-state index < -0.39 is 11.7 Å². The van der Waals surface area contributed by atoms with Crippen LogP contribution in [-0.4, -0.2) is 17.4 Å². The second-order valence-electron chi connectivity index (χ2n) is 8.04.